The second kappa shape index (κ2) is 11.4. The number of hydrogen-bond acceptors (Lipinski definition) is 3. The first-order chi connectivity index (χ1) is 10.2. The molecule has 0 aliphatic carbocycles. The zero-order valence-electron chi connectivity index (χ0n) is 15.4. The summed E-state index contributed by atoms with van der Waals surface area (Å²) in [6, 6.07) is 0. The van der Waals surface area contributed by atoms with Crippen molar-refractivity contribution in [3.8, 4) is 0 Å². The Bertz CT molecular complexity index is 242. The van der Waals surface area contributed by atoms with Gasteiger partial charge in [-0.3, -0.25) is 0 Å². The van der Waals surface area contributed by atoms with Gasteiger partial charge >= 0.3 is 0 Å². The van der Waals surface area contributed by atoms with E-state index in [1.54, 1.807) is 0 Å². The van der Waals surface area contributed by atoms with Gasteiger partial charge < -0.3 is 21.1 Å². The highest BCUT2D eigenvalue weighted by Gasteiger charge is 2.15. The highest BCUT2D eigenvalue weighted by atomic mass is 16.5. The van der Waals surface area contributed by atoms with Crippen LogP contribution in [0.2, 0.25) is 0 Å². The summed E-state index contributed by atoms with van der Waals surface area (Å²) in [5, 5.41) is 21.4. The number of aliphatic hydroxyl groups excluding tert-OH is 1. The maximum atomic E-state index is 11.8. The van der Waals surface area contributed by atoms with E-state index in [9.17, 15) is 10.3 Å². The normalized spacial score (nSPS) is 14.3. The van der Waals surface area contributed by atoms with Crippen molar-refractivity contribution in [1.82, 2.24) is 0 Å². The molecule has 0 amide bonds. The van der Waals surface area contributed by atoms with E-state index in [2.05, 4.69) is 27.7 Å². The summed E-state index contributed by atoms with van der Waals surface area (Å²) >= 11 is 0. The summed E-state index contributed by atoms with van der Waals surface area (Å²) in [7, 11) is 0. The Morgan fingerprint density at radius 1 is 0.818 bits per heavy atom. The van der Waals surface area contributed by atoms with Gasteiger partial charge in [0.1, 0.15) is 0 Å². The van der Waals surface area contributed by atoms with Gasteiger partial charge in [0.2, 0.25) is 0 Å². The van der Waals surface area contributed by atoms with Crippen molar-refractivity contribution < 1.29 is 10.2 Å². The van der Waals surface area contributed by atoms with Crippen LogP contribution in [0, 0.1) is 16.0 Å². The van der Waals surface area contributed by atoms with E-state index in [0.29, 0.717) is 5.06 Å². The van der Waals surface area contributed by atoms with Gasteiger partial charge in [0.25, 0.3) is 0 Å². The van der Waals surface area contributed by atoms with E-state index in [-0.39, 0.29) is 17.4 Å². The molecule has 1 unspecified atom stereocenters. The molecule has 0 radical (unpaired) electrons. The van der Waals surface area contributed by atoms with Crippen LogP contribution in [-0.2, 0) is 0 Å². The summed E-state index contributed by atoms with van der Waals surface area (Å²) in [5.41, 5.74) is 5.99. The molecule has 0 bridgehead atoms. The van der Waals surface area contributed by atoms with Crippen LogP contribution in [0.4, 0.5) is 0 Å². The van der Waals surface area contributed by atoms with E-state index in [0.717, 1.165) is 64.6 Å². The fraction of sp³-hybridized carbons (Fsp3) is 1.00. The van der Waals surface area contributed by atoms with Crippen LogP contribution in [-0.4, -0.2) is 31.3 Å². The fourth-order valence-corrected chi connectivity index (χ4v) is 2.51. The third-order valence-corrected chi connectivity index (χ3v) is 4.60. The molecule has 0 aromatic carbocycles. The molecular formula is C18H40N2O2. The van der Waals surface area contributed by atoms with Crippen LogP contribution in [0.3, 0.4) is 0 Å². The Morgan fingerprint density at radius 2 is 1.27 bits per heavy atom. The number of aliphatic hydroxyl groups is 1. The van der Waals surface area contributed by atoms with Gasteiger partial charge in [-0.1, -0.05) is 40.5 Å². The number of quaternary nitrogens is 1. The van der Waals surface area contributed by atoms with Gasteiger partial charge in [-0.25, -0.2) is 0 Å². The molecule has 134 valence electrons. The number of hydroxylamine groups is 2. The van der Waals surface area contributed by atoms with Gasteiger partial charge in [0.05, 0.1) is 13.1 Å². The maximum Gasteiger partial charge on any atom is 0.0768 e. The second-order valence-corrected chi connectivity index (χ2v) is 8.35. The van der Waals surface area contributed by atoms with Gasteiger partial charge in [0.15, 0.2) is 0 Å². The molecule has 0 spiro atoms. The molecule has 0 rings (SSSR count). The molecule has 0 saturated carbocycles. The van der Waals surface area contributed by atoms with Crippen LogP contribution in [0.1, 0.15) is 79.1 Å². The predicted octanol–water partition coefficient (Wildman–Crippen LogP) is 2.49. The number of unbranched alkanes of at least 4 members (excludes halogenated alkanes) is 4. The molecule has 4 N–H and O–H groups in total. The van der Waals surface area contributed by atoms with Crippen molar-refractivity contribution in [3.05, 3.63) is 5.21 Å². The van der Waals surface area contributed by atoms with Crippen LogP contribution >= 0.6 is 0 Å². The lowest BCUT2D eigenvalue weighted by molar-refractivity contribution is -0.848. The van der Waals surface area contributed by atoms with Crippen LogP contribution in [0.25, 0.3) is 0 Å². The van der Waals surface area contributed by atoms with Crippen molar-refractivity contribution in [2.24, 2.45) is 16.6 Å². The quantitative estimate of drug-likeness (QED) is 0.340. The summed E-state index contributed by atoms with van der Waals surface area (Å²) in [6.07, 6.45) is 8.73. The molecule has 0 heterocycles. The highest BCUT2D eigenvalue weighted by Crippen LogP contribution is 2.22. The van der Waals surface area contributed by atoms with E-state index < -0.39 is 0 Å². The van der Waals surface area contributed by atoms with E-state index in [4.69, 9.17) is 5.73 Å². The Morgan fingerprint density at radius 3 is 1.68 bits per heavy atom. The first-order valence-corrected chi connectivity index (χ1v) is 9.05. The molecule has 1 atom stereocenters. The van der Waals surface area contributed by atoms with Crippen LogP contribution < -0.4 is 10.8 Å². The first-order valence-electron chi connectivity index (χ1n) is 9.05. The Balaban J connectivity index is 3.46. The minimum atomic E-state index is 0.0291. The molecule has 0 fully saturated rings. The average Bonchev–Trinajstić information content (AvgIpc) is 2.46. The Labute approximate surface area is 138 Å². The largest absolute Gasteiger partial charge is 0.634 e. The van der Waals surface area contributed by atoms with Crippen molar-refractivity contribution in [3.63, 3.8) is 0 Å². The molecule has 0 aliphatic rings. The van der Waals surface area contributed by atoms with E-state index >= 15 is 0 Å². The molecule has 4 heteroatoms. The summed E-state index contributed by atoms with van der Waals surface area (Å²) in [5.74, 6) is 0. The number of rotatable bonds is 14. The monoisotopic (exact) mass is 316 g/mol. The lowest BCUT2D eigenvalue weighted by atomic mass is 9.87. The van der Waals surface area contributed by atoms with Gasteiger partial charge in [-0.05, 0) is 55.9 Å². The first kappa shape index (κ1) is 21.8. The molecular weight excluding hydrogens is 276 g/mol. The van der Waals surface area contributed by atoms with E-state index in [1.807, 2.05) is 0 Å². The predicted molar refractivity (Wildman–Crippen MR) is 94.7 cm³/mol. The van der Waals surface area contributed by atoms with Crippen molar-refractivity contribution in [2.75, 3.05) is 26.2 Å². The van der Waals surface area contributed by atoms with Crippen LogP contribution in [0.15, 0.2) is 0 Å². The summed E-state index contributed by atoms with van der Waals surface area (Å²) in [6.45, 7) is 11.0. The zero-order chi connectivity index (χ0) is 17.1. The number of nitrogens with two attached hydrogens (primary N) is 1. The Kier molecular flexibility index (Phi) is 11.3. The van der Waals surface area contributed by atoms with Gasteiger partial charge in [-0.2, -0.15) is 0 Å². The van der Waals surface area contributed by atoms with Gasteiger partial charge in [0, 0.05) is 6.61 Å². The maximum absolute atomic E-state index is 11.8. The molecule has 22 heavy (non-hydrogen) atoms. The smallest absolute Gasteiger partial charge is 0.0768 e. The van der Waals surface area contributed by atoms with Crippen molar-refractivity contribution >= 4 is 0 Å². The minimum Gasteiger partial charge on any atom is -0.634 e. The zero-order valence-corrected chi connectivity index (χ0v) is 15.4. The number of nitrogens with one attached hydrogen (secondary N) is 1. The minimum absolute atomic E-state index is 0.0291. The fourth-order valence-electron chi connectivity index (χ4n) is 2.51. The number of hydrogen-bond donors (Lipinski definition) is 3. The van der Waals surface area contributed by atoms with Crippen molar-refractivity contribution in [1.29, 1.82) is 0 Å². The van der Waals surface area contributed by atoms with Gasteiger partial charge in [-0.15, -0.1) is 0 Å². The SMILES string of the molecule is CC(C)(CN)CCCCC[NH+]([O-])CCCCCC(C)(C)CO. The van der Waals surface area contributed by atoms with Crippen LogP contribution in [0.5, 0.6) is 0 Å². The van der Waals surface area contributed by atoms with Crippen molar-refractivity contribution in [2.45, 2.75) is 79.1 Å². The molecule has 0 aliphatic heterocycles. The lowest BCUT2D eigenvalue weighted by Gasteiger charge is -2.24. The second-order valence-electron chi connectivity index (χ2n) is 8.35. The summed E-state index contributed by atoms with van der Waals surface area (Å²) < 4.78 is 0. The Hall–Kier alpha value is -0.160. The highest BCUT2D eigenvalue weighted by molar-refractivity contribution is 4.68. The topological polar surface area (TPSA) is 73.8 Å². The average molecular weight is 317 g/mol. The lowest BCUT2D eigenvalue weighted by Crippen LogP contribution is -3.07. The standard InChI is InChI=1S/C18H40N2O2/c1-17(2,15-19)11-7-5-9-13-20(22)14-10-6-8-12-18(3,4)16-21/h20-21H,5-16,19H2,1-4H3. The molecule has 0 aromatic heterocycles. The summed E-state index contributed by atoms with van der Waals surface area (Å²) in [4.78, 5) is 0. The third-order valence-electron chi connectivity index (χ3n) is 4.60. The van der Waals surface area contributed by atoms with E-state index in [1.165, 1.54) is 6.42 Å². The molecule has 4 nitrogen and oxygen atoms in total. The molecule has 0 saturated heterocycles. The molecule has 0 aromatic rings. The third kappa shape index (κ3) is 12.4.